The zero-order valence-corrected chi connectivity index (χ0v) is 15.8. The number of hydrogen-bond donors (Lipinski definition) is 1. The molecule has 1 aliphatic heterocycles. The van der Waals surface area contributed by atoms with Crippen LogP contribution in [0.25, 0.3) is 0 Å². The van der Waals surface area contributed by atoms with Gasteiger partial charge in [0, 0.05) is 65.5 Å². The van der Waals surface area contributed by atoms with Gasteiger partial charge in [-0.05, 0) is 7.05 Å². The van der Waals surface area contributed by atoms with Gasteiger partial charge in [-0.25, -0.2) is 0 Å². The summed E-state index contributed by atoms with van der Waals surface area (Å²) in [7, 11) is 6.95. The van der Waals surface area contributed by atoms with E-state index in [4.69, 9.17) is 4.74 Å². The van der Waals surface area contributed by atoms with Gasteiger partial charge in [0.25, 0.3) is 11.6 Å². The van der Waals surface area contributed by atoms with E-state index in [1.807, 2.05) is 0 Å². The minimum atomic E-state index is -0.490. The number of likely N-dealkylation sites (N-methyl/N-ethyl adjacent to an activating group) is 1. The number of methoxy groups -OCH3 is 1. The lowest BCUT2D eigenvalue weighted by Crippen LogP contribution is -2.46. The Morgan fingerprint density at radius 1 is 1.31 bits per heavy atom. The summed E-state index contributed by atoms with van der Waals surface area (Å²) in [5.74, 6) is -0.0548. The first-order valence-electron chi connectivity index (χ1n) is 8.56. The fourth-order valence-electron chi connectivity index (χ4n) is 2.90. The van der Waals surface area contributed by atoms with E-state index >= 15 is 0 Å². The number of carbonyl (C=O) groups is 1. The van der Waals surface area contributed by atoms with Gasteiger partial charge in [-0.1, -0.05) is 0 Å². The van der Waals surface area contributed by atoms with Crippen LogP contribution in [-0.4, -0.2) is 88.2 Å². The minimum Gasteiger partial charge on any atom is -0.496 e. The number of carbonyl (C=O) groups excluding carboxylic acids is 1. The number of nitro benzene ring substituents is 1. The summed E-state index contributed by atoms with van der Waals surface area (Å²) < 4.78 is 5.27. The Morgan fingerprint density at radius 3 is 2.50 bits per heavy atom. The van der Waals surface area contributed by atoms with E-state index in [0.29, 0.717) is 18.0 Å². The summed E-state index contributed by atoms with van der Waals surface area (Å²) in [6.45, 7) is 5.20. The Labute approximate surface area is 153 Å². The zero-order valence-electron chi connectivity index (χ0n) is 15.8. The van der Waals surface area contributed by atoms with Gasteiger partial charge in [-0.2, -0.15) is 0 Å². The molecule has 1 aromatic carbocycles. The third-order valence-corrected chi connectivity index (χ3v) is 4.53. The molecule has 1 aromatic rings. The molecule has 1 N–H and O–H groups in total. The standard InChI is InChI=1S/C17H27N5O4/c1-19(2)14-12-16(26-4)13(11-15(14)22(24)25)17(23)18-5-6-21-9-7-20(3)8-10-21/h11-12H,5-10H2,1-4H3,(H,18,23). The Hall–Kier alpha value is -2.39. The highest BCUT2D eigenvalue weighted by Crippen LogP contribution is 2.34. The summed E-state index contributed by atoms with van der Waals surface area (Å²) in [5.41, 5.74) is 0.434. The first-order chi connectivity index (χ1) is 12.3. The van der Waals surface area contributed by atoms with Gasteiger partial charge in [0.05, 0.1) is 17.6 Å². The molecule has 9 heteroatoms. The molecule has 1 fully saturated rings. The Balaban J connectivity index is 2.07. The minimum absolute atomic E-state index is 0.125. The van der Waals surface area contributed by atoms with Gasteiger partial charge in [0.15, 0.2) is 0 Å². The van der Waals surface area contributed by atoms with E-state index in [2.05, 4.69) is 22.2 Å². The summed E-state index contributed by atoms with van der Waals surface area (Å²) in [6, 6.07) is 2.80. The van der Waals surface area contributed by atoms with Crippen LogP contribution in [0.2, 0.25) is 0 Å². The maximum absolute atomic E-state index is 12.5. The van der Waals surface area contributed by atoms with Gasteiger partial charge < -0.3 is 19.9 Å². The molecule has 1 aliphatic rings. The number of nitro groups is 1. The van der Waals surface area contributed by atoms with Crippen LogP contribution in [0.3, 0.4) is 0 Å². The van der Waals surface area contributed by atoms with Crippen LogP contribution in [0.1, 0.15) is 10.4 Å². The van der Waals surface area contributed by atoms with Crippen molar-refractivity contribution in [3.05, 3.63) is 27.8 Å². The summed E-state index contributed by atoms with van der Waals surface area (Å²) in [4.78, 5) is 29.5. The number of rotatable bonds is 7. The third-order valence-electron chi connectivity index (χ3n) is 4.53. The molecule has 1 amide bonds. The highest BCUT2D eigenvalue weighted by molar-refractivity contribution is 5.98. The van der Waals surface area contributed by atoms with Crippen LogP contribution in [0.4, 0.5) is 11.4 Å². The maximum Gasteiger partial charge on any atom is 0.293 e. The molecule has 0 atom stereocenters. The molecule has 0 radical (unpaired) electrons. The SMILES string of the molecule is COc1cc(N(C)C)c([N+](=O)[O-])cc1C(=O)NCCN1CCN(C)CC1. The van der Waals surface area contributed by atoms with Crippen LogP contribution in [0.5, 0.6) is 5.75 Å². The van der Waals surface area contributed by atoms with Gasteiger partial charge in [-0.15, -0.1) is 0 Å². The lowest BCUT2D eigenvalue weighted by atomic mass is 10.1. The monoisotopic (exact) mass is 365 g/mol. The van der Waals surface area contributed by atoms with Crippen LogP contribution in [-0.2, 0) is 0 Å². The molecule has 0 aromatic heterocycles. The van der Waals surface area contributed by atoms with E-state index in [-0.39, 0.29) is 17.2 Å². The smallest absolute Gasteiger partial charge is 0.293 e. The topological polar surface area (TPSA) is 91.2 Å². The first-order valence-corrected chi connectivity index (χ1v) is 8.56. The largest absolute Gasteiger partial charge is 0.496 e. The fourth-order valence-corrected chi connectivity index (χ4v) is 2.90. The van der Waals surface area contributed by atoms with Crippen molar-refractivity contribution in [2.24, 2.45) is 0 Å². The summed E-state index contributed by atoms with van der Waals surface area (Å²) in [5, 5.41) is 14.2. The zero-order chi connectivity index (χ0) is 19.3. The van der Waals surface area contributed by atoms with Gasteiger partial charge in [0.2, 0.25) is 0 Å². The molecular weight excluding hydrogens is 338 g/mol. The molecule has 1 saturated heterocycles. The molecule has 26 heavy (non-hydrogen) atoms. The van der Waals surface area contributed by atoms with Gasteiger partial charge >= 0.3 is 0 Å². The quantitative estimate of drug-likeness (QED) is 0.560. The molecule has 1 heterocycles. The van der Waals surface area contributed by atoms with Crippen molar-refractivity contribution in [2.75, 3.05) is 72.4 Å². The summed E-state index contributed by atoms with van der Waals surface area (Å²) >= 11 is 0. The number of nitrogens with one attached hydrogen (secondary N) is 1. The molecule has 0 saturated carbocycles. The van der Waals surface area contributed by atoms with Crippen molar-refractivity contribution in [3.63, 3.8) is 0 Å². The number of anilines is 1. The Morgan fingerprint density at radius 2 is 1.96 bits per heavy atom. The molecule has 0 unspecified atom stereocenters. The third kappa shape index (κ3) is 4.83. The lowest BCUT2D eigenvalue weighted by molar-refractivity contribution is -0.384. The Bertz CT molecular complexity index is 657. The lowest BCUT2D eigenvalue weighted by Gasteiger charge is -2.32. The average Bonchev–Trinajstić information content (AvgIpc) is 2.61. The van der Waals surface area contributed by atoms with Crippen LogP contribution in [0.15, 0.2) is 12.1 Å². The second kappa shape index (κ2) is 8.81. The number of piperazine rings is 1. The molecular formula is C17H27N5O4. The fraction of sp³-hybridized carbons (Fsp3) is 0.588. The van der Waals surface area contributed by atoms with Crippen molar-refractivity contribution >= 4 is 17.3 Å². The Kier molecular flexibility index (Phi) is 6.76. The first kappa shape index (κ1) is 19.9. The number of amides is 1. The molecule has 9 nitrogen and oxygen atoms in total. The predicted octanol–water partition coefficient (Wildman–Crippen LogP) is 0.647. The maximum atomic E-state index is 12.5. The van der Waals surface area contributed by atoms with Crippen LogP contribution >= 0.6 is 0 Å². The number of hydrogen-bond acceptors (Lipinski definition) is 7. The molecule has 0 bridgehead atoms. The second-order valence-electron chi connectivity index (χ2n) is 6.59. The van der Waals surface area contributed by atoms with Crippen molar-refractivity contribution in [2.45, 2.75) is 0 Å². The van der Waals surface area contributed by atoms with Crippen molar-refractivity contribution in [3.8, 4) is 5.75 Å². The van der Waals surface area contributed by atoms with E-state index in [1.165, 1.54) is 19.2 Å². The number of benzene rings is 1. The van der Waals surface area contributed by atoms with Crippen molar-refractivity contribution in [1.29, 1.82) is 0 Å². The van der Waals surface area contributed by atoms with Crippen LogP contribution in [0, 0.1) is 10.1 Å². The second-order valence-corrected chi connectivity index (χ2v) is 6.59. The molecule has 2 rings (SSSR count). The summed E-state index contributed by atoms with van der Waals surface area (Å²) in [6.07, 6.45) is 0. The molecule has 0 spiro atoms. The van der Waals surface area contributed by atoms with Gasteiger partial charge in [-0.3, -0.25) is 19.8 Å². The highest BCUT2D eigenvalue weighted by atomic mass is 16.6. The van der Waals surface area contributed by atoms with Crippen molar-refractivity contribution < 1.29 is 14.5 Å². The van der Waals surface area contributed by atoms with E-state index < -0.39 is 4.92 Å². The van der Waals surface area contributed by atoms with E-state index in [1.54, 1.807) is 19.0 Å². The van der Waals surface area contributed by atoms with E-state index in [0.717, 1.165) is 32.7 Å². The predicted molar refractivity (Wildman–Crippen MR) is 100 cm³/mol. The molecule has 0 aliphatic carbocycles. The molecule has 144 valence electrons. The highest BCUT2D eigenvalue weighted by Gasteiger charge is 2.23. The average molecular weight is 365 g/mol. The number of ether oxygens (including phenoxy) is 1. The van der Waals surface area contributed by atoms with E-state index in [9.17, 15) is 14.9 Å². The van der Waals surface area contributed by atoms with Gasteiger partial charge in [0.1, 0.15) is 11.4 Å². The normalized spacial score (nSPS) is 15.5. The number of nitrogens with zero attached hydrogens (tertiary/aromatic N) is 4. The van der Waals surface area contributed by atoms with Crippen molar-refractivity contribution in [1.82, 2.24) is 15.1 Å². The van der Waals surface area contributed by atoms with Crippen LogP contribution < -0.4 is 15.0 Å².